The van der Waals surface area contributed by atoms with Crippen molar-refractivity contribution in [3.63, 3.8) is 0 Å². The SMILES string of the molecule is CN(C)CCNC(=O)c1cccc(C(=O)Nc2ccccc2)n1. The highest BCUT2D eigenvalue weighted by Crippen LogP contribution is 2.08. The second-order valence-electron chi connectivity index (χ2n) is 5.29. The van der Waals surface area contributed by atoms with E-state index in [1.54, 1.807) is 30.3 Å². The number of para-hydroxylation sites is 1. The summed E-state index contributed by atoms with van der Waals surface area (Å²) in [5.41, 5.74) is 1.11. The van der Waals surface area contributed by atoms with E-state index in [4.69, 9.17) is 0 Å². The predicted octanol–water partition coefficient (Wildman–Crippen LogP) is 1.63. The van der Waals surface area contributed by atoms with Crippen molar-refractivity contribution in [2.75, 3.05) is 32.5 Å². The maximum atomic E-state index is 12.2. The second kappa shape index (κ2) is 8.05. The van der Waals surface area contributed by atoms with Gasteiger partial charge in [-0.15, -0.1) is 0 Å². The number of hydrogen-bond donors (Lipinski definition) is 2. The Bertz CT molecular complexity index is 671. The van der Waals surface area contributed by atoms with Crippen LogP contribution in [-0.2, 0) is 0 Å². The van der Waals surface area contributed by atoms with Gasteiger partial charge in [0.15, 0.2) is 0 Å². The number of hydrogen-bond acceptors (Lipinski definition) is 4. The van der Waals surface area contributed by atoms with Crippen molar-refractivity contribution < 1.29 is 9.59 Å². The molecule has 0 radical (unpaired) electrons. The molecule has 120 valence electrons. The van der Waals surface area contributed by atoms with Crippen molar-refractivity contribution >= 4 is 17.5 Å². The minimum atomic E-state index is -0.348. The first kappa shape index (κ1) is 16.6. The number of pyridine rings is 1. The molecule has 0 atom stereocenters. The second-order valence-corrected chi connectivity index (χ2v) is 5.29. The molecule has 0 spiro atoms. The monoisotopic (exact) mass is 312 g/mol. The molecule has 23 heavy (non-hydrogen) atoms. The molecule has 2 aromatic rings. The first-order valence-corrected chi connectivity index (χ1v) is 7.32. The van der Waals surface area contributed by atoms with E-state index in [9.17, 15) is 9.59 Å². The number of nitrogens with zero attached hydrogens (tertiary/aromatic N) is 2. The quantitative estimate of drug-likeness (QED) is 0.850. The van der Waals surface area contributed by atoms with E-state index in [2.05, 4.69) is 15.6 Å². The molecule has 0 aliphatic rings. The minimum absolute atomic E-state index is 0.203. The van der Waals surface area contributed by atoms with Crippen molar-refractivity contribution in [2.24, 2.45) is 0 Å². The number of nitrogens with one attached hydrogen (secondary N) is 2. The highest BCUT2D eigenvalue weighted by atomic mass is 16.2. The first-order valence-electron chi connectivity index (χ1n) is 7.32. The van der Waals surface area contributed by atoms with Gasteiger partial charge in [-0.05, 0) is 38.4 Å². The molecule has 2 N–H and O–H groups in total. The lowest BCUT2D eigenvalue weighted by Gasteiger charge is -2.10. The third-order valence-corrected chi connectivity index (χ3v) is 3.09. The van der Waals surface area contributed by atoms with Crippen LogP contribution >= 0.6 is 0 Å². The van der Waals surface area contributed by atoms with E-state index in [0.717, 1.165) is 6.54 Å². The average Bonchev–Trinajstić information content (AvgIpc) is 2.55. The van der Waals surface area contributed by atoms with Gasteiger partial charge in [-0.25, -0.2) is 4.98 Å². The number of amides is 2. The smallest absolute Gasteiger partial charge is 0.274 e. The number of aromatic nitrogens is 1. The van der Waals surface area contributed by atoms with Crippen LogP contribution in [0.5, 0.6) is 0 Å². The molecule has 1 aromatic carbocycles. The van der Waals surface area contributed by atoms with E-state index in [1.165, 1.54) is 0 Å². The van der Waals surface area contributed by atoms with Crippen molar-refractivity contribution in [2.45, 2.75) is 0 Å². The minimum Gasteiger partial charge on any atom is -0.349 e. The molecule has 2 amide bonds. The Kier molecular flexibility index (Phi) is 5.82. The third-order valence-electron chi connectivity index (χ3n) is 3.09. The maximum absolute atomic E-state index is 12.2. The number of likely N-dealkylation sites (N-methyl/N-ethyl adjacent to an activating group) is 1. The molecule has 6 nitrogen and oxygen atoms in total. The van der Waals surface area contributed by atoms with Crippen LogP contribution in [0.2, 0.25) is 0 Å². The van der Waals surface area contributed by atoms with E-state index in [1.807, 2.05) is 37.2 Å². The lowest BCUT2D eigenvalue weighted by molar-refractivity contribution is 0.0946. The van der Waals surface area contributed by atoms with Crippen LogP contribution in [0.1, 0.15) is 21.0 Å². The molecule has 0 unspecified atom stereocenters. The van der Waals surface area contributed by atoms with Crippen LogP contribution in [0, 0.1) is 0 Å². The Morgan fingerprint density at radius 3 is 2.26 bits per heavy atom. The topological polar surface area (TPSA) is 74.3 Å². The maximum Gasteiger partial charge on any atom is 0.274 e. The van der Waals surface area contributed by atoms with Gasteiger partial charge in [0, 0.05) is 18.8 Å². The molecule has 0 aliphatic heterocycles. The van der Waals surface area contributed by atoms with Crippen LogP contribution in [-0.4, -0.2) is 48.9 Å². The Hall–Kier alpha value is -2.73. The molecule has 2 rings (SSSR count). The van der Waals surface area contributed by atoms with Gasteiger partial charge < -0.3 is 15.5 Å². The van der Waals surface area contributed by atoms with Gasteiger partial charge >= 0.3 is 0 Å². The summed E-state index contributed by atoms with van der Waals surface area (Å²) >= 11 is 0. The zero-order chi connectivity index (χ0) is 16.7. The normalized spacial score (nSPS) is 10.4. The summed E-state index contributed by atoms with van der Waals surface area (Å²) in [6.07, 6.45) is 0. The number of rotatable bonds is 6. The van der Waals surface area contributed by atoms with Crippen LogP contribution < -0.4 is 10.6 Å². The predicted molar refractivity (Wildman–Crippen MR) is 89.5 cm³/mol. The molecular formula is C17H20N4O2. The Labute approximate surface area is 135 Å². The molecular weight excluding hydrogens is 292 g/mol. The van der Waals surface area contributed by atoms with E-state index in [0.29, 0.717) is 12.2 Å². The molecule has 0 bridgehead atoms. The lowest BCUT2D eigenvalue weighted by Crippen LogP contribution is -2.32. The lowest BCUT2D eigenvalue weighted by atomic mass is 10.2. The number of carbonyl (C=O) groups excluding carboxylic acids is 2. The summed E-state index contributed by atoms with van der Waals surface area (Å²) < 4.78 is 0. The summed E-state index contributed by atoms with van der Waals surface area (Å²) in [5.74, 6) is -0.639. The van der Waals surface area contributed by atoms with Gasteiger partial charge in [0.1, 0.15) is 11.4 Å². The third kappa shape index (κ3) is 5.19. The van der Waals surface area contributed by atoms with Crippen molar-refractivity contribution in [3.05, 3.63) is 59.9 Å². The Morgan fingerprint density at radius 2 is 1.61 bits per heavy atom. The fraction of sp³-hybridized carbons (Fsp3) is 0.235. The molecule has 0 saturated heterocycles. The van der Waals surface area contributed by atoms with E-state index in [-0.39, 0.29) is 23.2 Å². The largest absolute Gasteiger partial charge is 0.349 e. The number of benzene rings is 1. The molecule has 1 heterocycles. The molecule has 0 aliphatic carbocycles. The van der Waals surface area contributed by atoms with E-state index >= 15 is 0 Å². The zero-order valence-electron chi connectivity index (χ0n) is 13.2. The van der Waals surface area contributed by atoms with Gasteiger partial charge in [-0.2, -0.15) is 0 Å². The van der Waals surface area contributed by atoms with Gasteiger partial charge in [-0.1, -0.05) is 24.3 Å². The van der Waals surface area contributed by atoms with Crippen molar-refractivity contribution in [1.29, 1.82) is 0 Å². The van der Waals surface area contributed by atoms with Crippen molar-refractivity contribution in [3.8, 4) is 0 Å². The van der Waals surface area contributed by atoms with Crippen LogP contribution in [0.3, 0.4) is 0 Å². The summed E-state index contributed by atoms with van der Waals surface area (Å²) in [6.45, 7) is 1.26. The average molecular weight is 312 g/mol. The summed E-state index contributed by atoms with van der Waals surface area (Å²) in [5, 5.41) is 5.51. The van der Waals surface area contributed by atoms with Crippen LogP contribution in [0.15, 0.2) is 48.5 Å². The number of anilines is 1. The fourth-order valence-corrected chi connectivity index (χ4v) is 1.89. The van der Waals surface area contributed by atoms with Gasteiger partial charge in [0.25, 0.3) is 11.8 Å². The van der Waals surface area contributed by atoms with Crippen LogP contribution in [0.4, 0.5) is 5.69 Å². The highest BCUT2D eigenvalue weighted by Gasteiger charge is 2.12. The summed E-state index contributed by atoms with van der Waals surface area (Å²) in [7, 11) is 3.86. The standard InChI is InChI=1S/C17H20N4O2/c1-21(2)12-11-18-16(22)14-9-6-10-15(20-14)17(23)19-13-7-4-3-5-8-13/h3-10H,11-12H2,1-2H3,(H,18,22)(H,19,23). The van der Waals surface area contributed by atoms with E-state index < -0.39 is 0 Å². The van der Waals surface area contributed by atoms with Gasteiger partial charge in [-0.3, -0.25) is 9.59 Å². The molecule has 0 fully saturated rings. The fourth-order valence-electron chi connectivity index (χ4n) is 1.89. The molecule has 0 saturated carbocycles. The first-order chi connectivity index (χ1) is 11.1. The van der Waals surface area contributed by atoms with Gasteiger partial charge in [0.05, 0.1) is 0 Å². The molecule has 6 heteroatoms. The Balaban J connectivity index is 2.01. The Morgan fingerprint density at radius 1 is 0.957 bits per heavy atom. The number of carbonyl (C=O) groups is 2. The summed E-state index contributed by atoms with van der Waals surface area (Å²) in [6, 6.07) is 13.9. The molecule has 1 aromatic heterocycles. The van der Waals surface area contributed by atoms with Crippen LogP contribution in [0.25, 0.3) is 0 Å². The zero-order valence-corrected chi connectivity index (χ0v) is 13.2. The highest BCUT2D eigenvalue weighted by molar-refractivity contribution is 6.03. The summed E-state index contributed by atoms with van der Waals surface area (Å²) in [4.78, 5) is 30.3. The van der Waals surface area contributed by atoms with Crippen molar-refractivity contribution in [1.82, 2.24) is 15.2 Å². The van der Waals surface area contributed by atoms with Gasteiger partial charge in [0.2, 0.25) is 0 Å².